The van der Waals surface area contributed by atoms with Gasteiger partial charge in [0.05, 0.1) is 0 Å². The van der Waals surface area contributed by atoms with Gasteiger partial charge in [-0.05, 0) is 31.7 Å². The summed E-state index contributed by atoms with van der Waals surface area (Å²) in [6.45, 7) is 0. The van der Waals surface area contributed by atoms with Crippen LogP contribution in [0.1, 0.15) is 25.7 Å². The standard InChI is InChI=1S/C13H14N2O3/c16-12(17)13(4-1-2-5-13)18-10-3-7-15-8-6-14-11(15)9-10/h3,6-9H,1-2,4-5H2,(H,16,17). The van der Waals surface area contributed by atoms with Gasteiger partial charge in [-0.25, -0.2) is 9.78 Å². The topological polar surface area (TPSA) is 63.8 Å². The highest BCUT2D eigenvalue weighted by atomic mass is 16.5. The first kappa shape index (κ1) is 11.1. The van der Waals surface area contributed by atoms with Crippen molar-refractivity contribution in [3.8, 4) is 5.75 Å². The number of hydrogen-bond donors (Lipinski definition) is 1. The number of pyridine rings is 1. The smallest absolute Gasteiger partial charge is 0.348 e. The summed E-state index contributed by atoms with van der Waals surface area (Å²) in [4.78, 5) is 15.6. The summed E-state index contributed by atoms with van der Waals surface area (Å²) in [5.41, 5.74) is -0.295. The van der Waals surface area contributed by atoms with Crippen LogP contribution >= 0.6 is 0 Å². The van der Waals surface area contributed by atoms with Gasteiger partial charge in [0.2, 0.25) is 5.60 Å². The molecule has 0 aliphatic heterocycles. The second-order valence-electron chi connectivity index (χ2n) is 4.66. The highest BCUT2D eigenvalue weighted by molar-refractivity contribution is 5.78. The Kier molecular flexibility index (Phi) is 2.47. The first-order valence-electron chi connectivity index (χ1n) is 6.05. The molecule has 0 saturated heterocycles. The fourth-order valence-corrected chi connectivity index (χ4v) is 2.49. The number of imidazole rings is 1. The molecule has 0 unspecified atom stereocenters. The van der Waals surface area contributed by atoms with Gasteiger partial charge < -0.3 is 14.2 Å². The average molecular weight is 246 g/mol. The number of fused-ring (bicyclic) bond motifs is 1. The number of nitrogens with zero attached hydrogens (tertiary/aromatic N) is 2. The lowest BCUT2D eigenvalue weighted by atomic mass is 10.0. The molecule has 2 heterocycles. The molecule has 1 fully saturated rings. The van der Waals surface area contributed by atoms with Crippen LogP contribution in [-0.2, 0) is 4.79 Å². The van der Waals surface area contributed by atoms with Gasteiger partial charge in [-0.15, -0.1) is 0 Å². The summed E-state index contributed by atoms with van der Waals surface area (Å²) in [6, 6.07) is 3.54. The number of carbonyl (C=O) groups is 1. The van der Waals surface area contributed by atoms with Crippen LogP contribution in [0.3, 0.4) is 0 Å². The van der Waals surface area contributed by atoms with Crippen molar-refractivity contribution in [2.45, 2.75) is 31.3 Å². The molecular weight excluding hydrogens is 232 g/mol. The predicted molar refractivity (Wildman–Crippen MR) is 64.7 cm³/mol. The van der Waals surface area contributed by atoms with Crippen molar-refractivity contribution in [2.24, 2.45) is 0 Å². The second kappa shape index (κ2) is 4.01. The van der Waals surface area contributed by atoms with E-state index in [1.165, 1.54) is 0 Å². The third kappa shape index (κ3) is 1.72. The summed E-state index contributed by atoms with van der Waals surface area (Å²) >= 11 is 0. The number of ether oxygens (including phenoxy) is 1. The molecule has 1 aliphatic rings. The Bertz CT molecular complexity index is 585. The van der Waals surface area contributed by atoms with Crippen molar-refractivity contribution >= 4 is 11.6 Å². The molecule has 0 aromatic carbocycles. The van der Waals surface area contributed by atoms with Crippen LogP contribution in [-0.4, -0.2) is 26.1 Å². The summed E-state index contributed by atoms with van der Waals surface area (Å²) in [7, 11) is 0. The molecule has 1 N–H and O–H groups in total. The van der Waals surface area contributed by atoms with E-state index in [0.29, 0.717) is 18.6 Å². The summed E-state index contributed by atoms with van der Waals surface area (Å²) < 4.78 is 7.61. The van der Waals surface area contributed by atoms with E-state index >= 15 is 0 Å². The molecular formula is C13H14N2O3. The van der Waals surface area contributed by atoms with Gasteiger partial charge >= 0.3 is 5.97 Å². The highest BCUT2D eigenvalue weighted by Crippen LogP contribution is 2.34. The number of aliphatic carboxylic acids is 1. The third-order valence-corrected chi connectivity index (χ3v) is 3.48. The van der Waals surface area contributed by atoms with Crippen molar-refractivity contribution in [1.29, 1.82) is 0 Å². The predicted octanol–water partition coefficient (Wildman–Crippen LogP) is 2.11. The number of hydrogen-bond acceptors (Lipinski definition) is 3. The van der Waals surface area contributed by atoms with Gasteiger partial charge in [0.25, 0.3) is 0 Å². The lowest BCUT2D eigenvalue weighted by molar-refractivity contribution is -0.154. The van der Waals surface area contributed by atoms with Crippen LogP contribution in [0, 0.1) is 0 Å². The van der Waals surface area contributed by atoms with Crippen molar-refractivity contribution < 1.29 is 14.6 Å². The Morgan fingerprint density at radius 1 is 1.39 bits per heavy atom. The quantitative estimate of drug-likeness (QED) is 0.900. The molecule has 0 amide bonds. The first-order chi connectivity index (χ1) is 8.70. The van der Waals surface area contributed by atoms with Gasteiger partial charge in [0.1, 0.15) is 11.4 Å². The Labute approximate surface area is 104 Å². The van der Waals surface area contributed by atoms with Gasteiger partial charge in [0, 0.05) is 24.7 Å². The monoisotopic (exact) mass is 246 g/mol. The zero-order valence-electron chi connectivity index (χ0n) is 9.87. The van der Waals surface area contributed by atoms with Crippen molar-refractivity contribution in [1.82, 2.24) is 9.38 Å². The highest BCUT2D eigenvalue weighted by Gasteiger charge is 2.43. The lowest BCUT2D eigenvalue weighted by Gasteiger charge is -2.25. The average Bonchev–Trinajstić information content (AvgIpc) is 2.97. The zero-order valence-corrected chi connectivity index (χ0v) is 9.87. The fraction of sp³-hybridized carbons (Fsp3) is 0.385. The van der Waals surface area contributed by atoms with E-state index in [9.17, 15) is 9.90 Å². The van der Waals surface area contributed by atoms with Crippen LogP contribution in [0.25, 0.3) is 5.65 Å². The maximum Gasteiger partial charge on any atom is 0.348 e. The van der Waals surface area contributed by atoms with Gasteiger partial charge in [-0.3, -0.25) is 0 Å². The van der Waals surface area contributed by atoms with E-state index in [-0.39, 0.29) is 0 Å². The molecule has 2 aromatic rings. The van der Waals surface area contributed by atoms with Gasteiger partial charge in [-0.2, -0.15) is 0 Å². The fourth-order valence-electron chi connectivity index (χ4n) is 2.49. The number of aromatic nitrogens is 2. The number of carboxylic acid groups (broad SMARTS) is 1. The van der Waals surface area contributed by atoms with Crippen LogP contribution in [0.2, 0.25) is 0 Å². The molecule has 3 rings (SSSR count). The van der Waals surface area contributed by atoms with E-state index < -0.39 is 11.6 Å². The first-order valence-corrected chi connectivity index (χ1v) is 6.05. The van der Waals surface area contributed by atoms with E-state index in [1.54, 1.807) is 18.3 Å². The minimum atomic E-state index is -1.05. The summed E-state index contributed by atoms with van der Waals surface area (Å²) in [5, 5.41) is 9.35. The minimum Gasteiger partial charge on any atom is -0.478 e. The van der Waals surface area contributed by atoms with Crippen molar-refractivity contribution in [3.05, 3.63) is 30.7 Å². The second-order valence-corrected chi connectivity index (χ2v) is 4.66. The Morgan fingerprint density at radius 2 is 2.17 bits per heavy atom. The van der Waals surface area contributed by atoms with E-state index in [2.05, 4.69) is 4.98 Å². The maximum atomic E-state index is 11.4. The maximum absolute atomic E-state index is 11.4. The Balaban J connectivity index is 1.92. The molecule has 1 saturated carbocycles. The molecule has 5 nitrogen and oxygen atoms in total. The molecule has 0 spiro atoms. The molecule has 1 aliphatic carbocycles. The molecule has 0 radical (unpaired) electrons. The summed E-state index contributed by atoms with van der Waals surface area (Å²) in [5.74, 6) is -0.304. The normalized spacial score (nSPS) is 18.0. The van der Waals surface area contributed by atoms with Crippen LogP contribution in [0.15, 0.2) is 30.7 Å². The lowest BCUT2D eigenvalue weighted by Crippen LogP contribution is -2.41. The van der Waals surface area contributed by atoms with Crippen LogP contribution in [0.5, 0.6) is 5.75 Å². The van der Waals surface area contributed by atoms with Crippen LogP contribution in [0.4, 0.5) is 0 Å². The van der Waals surface area contributed by atoms with Gasteiger partial charge in [0.15, 0.2) is 0 Å². The molecule has 0 atom stereocenters. The molecule has 18 heavy (non-hydrogen) atoms. The van der Waals surface area contributed by atoms with Crippen molar-refractivity contribution in [3.63, 3.8) is 0 Å². The van der Waals surface area contributed by atoms with Crippen LogP contribution < -0.4 is 4.74 Å². The number of rotatable bonds is 3. The Morgan fingerprint density at radius 3 is 2.89 bits per heavy atom. The summed E-state index contributed by atoms with van der Waals surface area (Å²) in [6.07, 6.45) is 8.30. The molecule has 5 heteroatoms. The van der Waals surface area contributed by atoms with Crippen molar-refractivity contribution in [2.75, 3.05) is 0 Å². The third-order valence-electron chi connectivity index (χ3n) is 3.48. The van der Waals surface area contributed by atoms with E-state index in [4.69, 9.17) is 4.74 Å². The number of carboxylic acids is 1. The largest absolute Gasteiger partial charge is 0.478 e. The van der Waals surface area contributed by atoms with Gasteiger partial charge in [-0.1, -0.05) is 0 Å². The molecule has 94 valence electrons. The van der Waals surface area contributed by atoms with E-state index in [1.807, 2.05) is 16.8 Å². The van der Waals surface area contributed by atoms with E-state index in [0.717, 1.165) is 18.5 Å². The minimum absolute atomic E-state index is 0.568. The molecule has 0 bridgehead atoms. The Hall–Kier alpha value is -2.04. The molecule has 2 aromatic heterocycles. The SMILES string of the molecule is O=C(O)C1(Oc2ccn3ccnc3c2)CCCC1. The zero-order chi connectivity index (χ0) is 12.6.